The molecule has 0 saturated carbocycles. The van der Waals surface area contributed by atoms with E-state index in [0.717, 1.165) is 0 Å². The van der Waals surface area contributed by atoms with Crippen LogP contribution in [0.3, 0.4) is 0 Å². The summed E-state index contributed by atoms with van der Waals surface area (Å²) in [5.41, 5.74) is 0.213. The summed E-state index contributed by atoms with van der Waals surface area (Å²) in [7, 11) is 0. The van der Waals surface area contributed by atoms with E-state index >= 15 is 0 Å². The number of alkyl halides is 3. The number of nitrogens with zero attached hydrogens (tertiary/aromatic N) is 1. The fourth-order valence-electron chi connectivity index (χ4n) is 0.919. The zero-order chi connectivity index (χ0) is 10.6. The van der Waals surface area contributed by atoms with Crippen molar-refractivity contribution in [3.05, 3.63) is 12.0 Å². The molecule has 0 aromatic carbocycles. The molecule has 3 nitrogen and oxygen atoms in total. The molecule has 0 aromatic rings. The lowest BCUT2D eigenvalue weighted by molar-refractivity contribution is -0.165. The van der Waals surface area contributed by atoms with E-state index in [0.29, 0.717) is 19.1 Å². The molecular weight excluding hydrogens is 199 g/mol. The minimum atomic E-state index is -4.38. The Hall–Kier alpha value is -1.33. The number of rotatable bonds is 3. The zero-order valence-electron chi connectivity index (χ0n) is 7.17. The molecule has 0 aromatic heterocycles. The topological polar surface area (TPSA) is 38.7 Å². The highest BCUT2D eigenvalue weighted by molar-refractivity contribution is 6.28. The second-order valence-electron chi connectivity index (χ2n) is 2.71. The molecule has 6 heteroatoms. The number of carbonyl (C=O) groups excluding carboxylic acids is 1. The number of aliphatic imine (C=N–C) groups is 1. The third kappa shape index (κ3) is 3.59. The van der Waals surface area contributed by atoms with Crippen molar-refractivity contribution >= 4 is 12.0 Å². The number of hydrogen-bond acceptors (Lipinski definition) is 3. The smallest absolute Gasteiger partial charge is 0.422 e. The highest BCUT2D eigenvalue weighted by Crippen LogP contribution is 2.18. The van der Waals surface area contributed by atoms with Gasteiger partial charge in [0.2, 0.25) is 5.88 Å². The Bertz CT molecular complexity index is 281. The number of ether oxygens (including phenoxy) is 1. The third-order valence-electron chi connectivity index (χ3n) is 1.49. The van der Waals surface area contributed by atoms with Crippen LogP contribution in [0.25, 0.3) is 0 Å². The van der Waals surface area contributed by atoms with Gasteiger partial charge in [-0.1, -0.05) is 0 Å². The summed E-state index contributed by atoms with van der Waals surface area (Å²) in [6.07, 6.45) is -1.51. The maximum absolute atomic E-state index is 11.7. The maximum atomic E-state index is 11.7. The maximum Gasteiger partial charge on any atom is 0.422 e. The van der Waals surface area contributed by atoms with Crippen molar-refractivity contribution in [3.8, 4) is 0 Å². The number of allylic oxidation sites excluding steroid dienone is 1. The molecule has 0 N–H and O–H groups in total. The Balaban J connectivity index is 2.50. The Morgan fingerprint density at radius 2 is 2.29 bits per heavy atom. The van der Waals surface area contributed by atoms with Crippen molar-refractivity contribution in [2.75, 3.05) is 6.61 Å². The average Bonchev–Trinajstić information content (AvgIpc) is 2.14. The van der Waals surface area contributed by atoms with Crippen LogP contribution in [0.2, 0.25) is 0 Å². The van der Waals surface area contributed by atoms with Crippen molar-refractivity contribution in [2.24, 2.45) is 4.99 Å². The van der Waals surface area contributed by atoms with Crippen molar-refractivity contribution in [3.63, 3.8) is 0 Å². The van der Waals surface area contributed by atoms with E-state index in [4.69, 9.17) is 0 Å². The molecule has 0 aliphatic carbocycles. The average molecular weight is 207 g/mol. The van der Waals surface area contributed by atoms with Gasteiger partial charge in [-0.05, 0) is 18.9 Å². The summed E-state index contributed by atoms with van der Waals surface area (Å²) in [5.74, 6) is -0.129. The molecule has 0 amide bonds. The molecule has 14 heavy (non-hydrogen) atoms. The molecule has 0 spiro atoms. The summed E-state index contributed by atoms with van der Waals surface area (Å²) >= 11 is 0. The van der Waals surface area contributed by atoms with E-state index in [1.807, 2.05) is 0 Å². The summed E-state index contributed by atoms with van der Waals surface area (Å²) in [6, 6.07) is 0. The van der Waals surface area contributed by atoms with Gasteiger partial charge < -0.3 is 4.74 Å². The molecule has 78 valence electrons. The largest absolute Gasteiger partial charge is 0.468 e. The van der Waals surface area contributed by atoms with Gasteiger partial charge in [0.05, 0.1) is 5.71 Å². The van der Waals surface area contributed by atoms with Crippen molar-refractivity contribution in [1.82, 2.24) is 0 Å². The first-order valence-corrected chi connectivity index (χ1v) is 3.94. The lowest BCUT2D eigenvalue weighted by Gasteiger charge is -2.12. The lowest BCUT2D eigenvalue weighted by Crippen LogP contribution is -2.17. The fourth-order valence-corrected chi connectivity index (χ4v) is 0.919. The second-order valence-corrected chi connectivity index (χ2v) is 2.71. The van der Waals surface area contributed by atoms with Crippen molar-refractivity contribution in [1.29, 1.82) is 0 Å². The standard InChI is InChI=1S/C8H8F3NO2/c9-8(10,11)5-14-7-3-1-2-6(4-13)12-7/h3-4H,1-2,5H2. The Labute approximate surface area is 78.3 Å². The van der Waals surface area contributed by atoms with Crippen LogP contribution in [0.1, 0.15) is 12.8 Å². The normalized spacial score (nSPS) is 17.1. The SMILES string of the molecule is O=CC1=NC(OCC(F)(F)F)=CCC1. The molecule has 1 rings (SSSR count). The Kier molecular flexibility index (Phi) is 3.27. The van der Waals surface area contributed by atoms with Crippen LogP contribution >= 0.6 is 0 Å². The van der Waals surface area contributed by atoms with Gasteiger partial charge in [0.25, 0.3) is 0 Å². The van der Waals surface area contributed by atoms with Crippen molar-refractivity contribution < 1.29 is 22.7 Å². The Morgan fingerprint density at radius 1 is 1.57 bits per heavy atom. The minimum Gasteiger partial charge on any atom is -0.468 e. The number of carbonyl (C=O) groups is 1. The first kappa shape index (κ1) is 10.7. The van der Waals surface area contributed by atoms with Crippen LogP contribution in [0.15, 0.2) is 17.0 Å². The molecule has 0 fully saturated rings. The van der Waals surface area contributed by atoms with Crippen LogP contribution in [0.4, 0.5) is 13.2 Å². The monoisotopic (exact) mass is 207 g/mol. The van der Waals surface area contributed by atoms with Crippen LogP contribution in [-0.2, 0) is 9.53 Å². The molecule has 1 aliphatic rings. The molecule has 0 saturated heterocycles. The Morgan fingerprint density at radius 3 is 2.86 bits per heavy atom. The number of halogens is 3. The predicted molar refractivity (Wildman–Crippen MR) is 42.8 cm³/mol. The van der Waals surface area contributed by atoms with Crippen LogP contribution in [-0.4, -0.2) is 24.8 Å². The van der Waals surface area contributed by atoms with E-state index < -0.39 is 12.8 Å². The zero-order valence-corrected chi connectivity index (χ0v) is 7.17. The molecule has 1 aliphatic heterocycles. The first-order chi connectivity index (χ1) is 6.51. The number of aldehydes is 1. The van der Waals surface area contributed by atoms with E-state index in [9.17, 15) is 18.0 Å². The highest BCUT2D eigenvalue weighted by atomic mass is 19.4. The van der Waals surface area contributed by atoms with Gasteiger partial charge in [-0.15, -0.1) is 0 Å². The second kappa shape index (κ2) is 4.26. The van der Waals surface area contributed by atoms with Gasteiger partial charge in [-0.3, -0.25) is 4.79 Å². The molecule has 1 heterocycles. The van der Waals surface area contributed by atoms with Gasteiger partial charge in [0.1, 0.15) is 0 Å². The summed E-state index contributed by atoms with van der Waals surface area (Å²) in [5, 5.41) is 0. The molecule has 0 unspecified atom stereocenters. The lowest BCUT2D eigenvalue weighted by atomic mass is 10.2. The van der Waals surface area contributed by atoms with Crippen molar-refractivity contribution in [2.45, 2.75) is 19.0 Å². The molecule has 0 bridgehead atoms. The van der Waals surface area contributed by atoms with Gasteiger partial charge in [-0.2, -0.15) is 13.2 Å². The van der Waals surface area contributed by atoms with E-state index in [2.05, 4.69) is 9.73 Å². The van der Waals surface area contributed by atoms with Crippen LogP contribution < -0.4 is 0 Å². The minimum absolute atomic E-state index is 0.129. The van der Waals surface area contributed by atoms with Gasteiger partial charge in [0.15, 0.2) is 12.9 Å². The highest BCUT2D eigenvalue weighted by Gasteiger charge is 2.29. The van der Waals surface area contributed by atoms with E-state index in [-0.39, 0.29) is 11.6 Å². The van der Waals surface area contributed by atoms with Crippen LogP contribution in [0, 0.1) is 0 Å². The fraction of sp³-hybridized carbons (Fsp3) is 0.500. The van der Waals surface area contributed by atoms with Gasteiger partial charge in [0, 0.05) is 0 Å². The van der Waals surface area contributed by atoms with Gasteiger partial charge >= 0.3 is 6.18 Å². The summed E-state index contributed by atoms with van der Waals surface area (Å²) in [6.45, 7) is -1.38. The summed E-state index contributed by atoms with van der Waals surface area (Å²) < 4.78 is 39.5. The summed E-state index contributed by atoms with van der Waals surface area (Å²) in [4.78, 5) is 13.9. The van der Waals surface area contributed by atoms with Crippen LogP contribution in [0.5, 0.6) is 0 Å². The molecular formula is C8H8F3NO2. The molecule has 0 radical (unpaired) electrons. The van der Waals surface area contributed by atoms with Gasteiger partial charge in [-0.25, -0.2) is 4.99 Å². The molecule has 0 atom stereocenters. The van der Waals surface area contributed by atoms with E-state index in [1.165, 1.54) is 6.08 Å². The third-order valence-corrected chi connectivity index (χ3v) is 1.49. The quantitative estimate of drug-likeness (QED) is 0.662. The predicted octanol–water partition coefficient (Wildman–Crippen LogP) is 1.84. The first-order valence-electron chi connectivity index (χ1n) is 3.94. The van der Waals surface area contributed by atoms with E-state index in [1.54, 1.807) is 0 Å². The number of hydrogen-bond donors (Lipinski definition) is 0.